The van der Waals surface area contributed by atoms with Crippen LogP contribution >= 0.6 is 0 Å². The summed E-state index contributed by atoms with van der Waals surface area (Å²) in [7, 11) is 1.83. The van der Waals surface area contributed by atoms with Crippen LogP contribution in [0.25, 0.3) is 0 Å². The number of carbonyl (C=O) groups is 1. The van der Waals surface area contributed by atoms with E-state index >= 15 is 0 Å². The molecular weight excluding hydrogens is 345 g/mol. The monoisotopic (exact) mass is 367 g/mol. The van der Waals surface area contributed by atoms with Crippen LogP contribution in [0.3, 0.4) is 0 Å². The number of halogens is 1. The van der Waals surface area contributed by atoms with Gasteiger partial charge in [-0.3, -0.25) is 4.79 Å². The van der Waals surface area contributed by atoms with Gasteiger partial charge in [0.05, 0.1) is 0 Å². The molecule has 1 atom stereocenters. The largest absolute Gasteiger partial charge is 0.484 e. The molecule has 0 fully saturated rings. The first-order valence-corrected chi connectivity index (χ1v) is 8.66. The smallest absolute Gasteiger partial charge is 0.258 e. The van der Waals surface area contributed by atoms with Gasteiger partial charge in [0.25, 0.3) is 5.91 Å². The van der Waals surface area contributed by atoms with Crippen molar-refractivity contribution in [2.24, 2.45) is 7.05 Å². The molecule has 140 valence electrons. The lowest BCUT2D eigenvalue weighted by molar-refractivity contribution is -0.123. The fourth-order valence-corrected chi connectivity index (χ4v) is 2.79. The number of aromatic nitrogens is 2. The predicted molar refractivity (Wildman–Crippen MR) is 101 cm³/mol. The Morgan fingerprint density at radius 1 is 1.22 bits per heavy atom. The van der Waals surface area contributed by atoms with Gasteiger partial charge in [-0.15, -0.1) is 0 Å². The second-order valence-corrected chi connectivity index (χ2v) is 6.49. The van der Waals surface area contributed by atoms with Crippen LogP contribution in [0.15, 0.2) is 54.9 Å². The average molecular weight is 367 g/mol. The van der Waals surface area contributed by atoms with Crippen LogP contribution in [0.4, 0.5) is 4.39 Å². The fraction of sp³-hybridized carbons (Fsp3) is 0.238. The van der Waals surface area contributed by atoms with E-state index < -0.39 is 6.04 Å². The van der Waals surface area contributed by atoms with Crippen LogP contribution in [0.1, 0.15) is 28.6 Å². The second kappa shape index (κ2) is 8.03. The van der Waals surface area contributed by atoms with Crippen LogP contribution in [0, 0.1) is 19.7 Å². The number of aryl methyl sites for hydroxylation is 3. The summed E-state index contributed by atoms with van der Waals surface area (Å²) in [5.41, 5.74) is 2.87. The number of ether oxygens (including phenoxy) is 1. The first-order valence-electron chi connectivity index (χ1n) is 8.66. The molecule has 1 heterocycles. The topological polar surface area (TPSA) is 56.1 Å². The summed E-state index contributed by atoms with van der Waals surface area (Å²) in [5, 5.41) is 2.89. The van der Waals surface area contributed by atoms with Crippen molar-refractivity contribution in [3.8, 4) is 5.75 Å². The maximum atomic E-state index is 13.7. The normalized spacial score (nSPS) is 11.9. The molecule has 1 N–H and O–H groups in total. The quantitative estimate of drug-likeness (QED) is 0.726. The highest BCUT2D eigenvalue weighted by molar-refractivity contribution is 5.78. The maximum absolute atomic E-state index is 13.7. The Morgan fingerprint density at radius 2 is 2.04 bits per heavy atom. The summed E-state index contributed by atoms with van der Waals surface area (Å²) in [6.07, 6.45) is 3.42. The summed E-state index contributed by atoms with van der Waals surface area (Å²) in [5.74, 6) is 0.561. The van der Waals surface area contributed by atoms with Crippen molar-refractivity contribution in [1.82, 2.24) is 14.9 Å². The van der Waals surface area contributed by atoms with Gasteiger partial charge >= 0.3 is 0 Å². The number of rotatable bonds is 6. The van der Waals surface area contributed by atoms with Gasteiger partial charge in [-0.1, -0.05) is 18.2 Å². The summed E-state index contributed by atoms with van der Waals surface area (Å²) in [6.45, 7) is 3.87. The number of amides is 1. The van der Waals surface area contributed by atoms with Crippen molar-refractivity contribution in [3.05, 3.63) is 83.2 Å². The Balaban J connectivity index is 1.74. The molecule has 3 aromatic rings. The number of hydrogen-bond acceptors (Lipinski definition) is 3. The highest BCUT2D eigenvalue weighted by Crippen LogP contribution is 2.21. The highest BCUT2D eigenvalue weighted by atomic mass is 19.1. The van der Waals surface area contributed by atoms with Gasteiger partial charge in [-0.2, -0.15) is 0 Å². The van der Waals surface area contributed by atoms with Crippen LogP contribution in [-0.4, -0.2) is 22.1 Å². The molecule has 3 rings (SSSR count). The van der Waals surface area contributed by atoms with Gasteiger partial charge in [0.2, 0.25) is 0 Å². The minimum atomic E-state index is -0.573. The molecule has 0 radical (unpaired) electrons. The summed E-state index contributed by atoms with van der Waals surface area (Å²) >= 11 is 0. The van der Waals surface area contributed by atoms with E-state index in [0.717, 1.165) is 11.1 Å². The molecule has 0 spiro atoms. The van der Waals surface area contributed by atoms with Crippen molar-refractivity contribution in [3.63, 3.8) is 0 Å². The van der Waals surface area contributed by atoms with Gasteiger partial charge in [-0.25, -0.2) is 9.37 Å². The molecule has 0 aliphatic carbocycles. The maximum Gasteiger partial charge on any atom is 0.258 e. The highest BCUT2D eigenvalue weighted by Gasteiger charge is 2.21. The van der Waals surface area contributed by atoms with E-state index in [0.29, 0.717) is 17.1 Å². The van der Waals surface area contributed by atoms with Crippen molar-refractivity contribution in [2.75, 3.05) is 6.61 Å². The number of nitrogens with one attached hydrogen (secondary N) is 1. The second-order valence-electron chi connectivity index (χ2n) is 6.49. The Hall–Kier alpha value is -3.15. The van der Waals surface area contributed by atoms with Crippen LogP contribution < -0.4 is 10.1 Å². The zero-order valence-corrected chi connectivity index (χ0v) is 15.6. The lowest BCUT2D eigenvalue weighted by Gasteiger charge is -2.19. The number of hydrogen-bond donors (Lipinski definition) is 1. The van der Waals surface area contributed by atoms with Gasteiger partial charge in [0, 0.05) is 19.4 Å². The molecular formula is C21H22FN3O2. The molecule has 0 aliphatic rings. The summed E-state index contributed by atoms with van der Waals surface area (Å²) in [4.78, 5) is 16.8. The van der Waals surface area contributed by atoms with Gasteiger partial charge in [0.15, 0.2) is 6.61 Å². The molecule has 0 aliphatic heterocycles. The van der Waals surface area contributed by atoms with Crippen LogP contribution in [0.2, 0.25) is 0 Å². The Labute approximate surface area is 157 Å². The van der Waals surface area contributed by atoms with E-state index in [2.05, 4.69) is 10.3 Å². The third-order valence-electron chi connectivity index (χ3n) is 4.45. The number of carbonyl (C=O) groups excluding carboxylic acids is 1. The molecule has 2 aromatic carbocycles. The summed E-state index contributed by atoms with van der Waals surface area (Å²) < 4.78 is 21.1. The standard InChI is InChI=1S/C21H22FN3O2/c1-14-7-8-18(11-15(14)2)27-13-19(26)24-20(21-23-9-10-25(21)3)16-5-4-6-17(22)12-16/h4-12,20H,13H2,1-3H3,(H,24,26). The molecule has 5 nitrogen and oxygen atoms in total. The number of benzene rings is 2. The van der Waals surface area contributed by atoms with E-state index in [1.54, 1.807) is 29.1 Å². The van der Waals surface area contributed by atoms with Gasteiger partial charge in [0.1, 0.15) is 23.4 Å². The van der Waals surface area contributed by atoms with E-state index in [1.165, 1.54) is 12.1 Å². The van der Waals surface area contributed by atoms with Gasteiger partial charge in [-0.05, 0) is 54.8 Å². The van der Waals surface area contributed by atoms with Crippen molar-refractivity contribution >= 4 is 5.91 Å². The molecule has 27 heavy (non-hydrogen) atoms. The molecule has 0 bridgehead atoms. The molecule has 1 amide bonds. The number of imidazole rings is 1. The average Bonchev–Trinajstić information content (AvgIpc) is 3.06. The van der Waals surface area contributed by atoms with Crippen molar-refractivity contribution in [2.45, 2.75) is 19.9 Å². The van der Waals surface area contributed by atoms with Crippen molar-refractivity contribution in [1.29, 1.82) is 0 Å². The minimum Gasteiger partial charge on any atom is -0.484 e. The first kappa shape index (κ1) is 18.6. The molecule has 0 saturated carbocycles. The lowest BCUT2D eigenvalue weighted by Crippen LogP contribution is -2.34. The van der Waals surface area contributed by atoms with E-state index in [9.17, 15) is 9.18 Å². The molecule has 6 heteroatoms. The fourth-order valence-electron chi connectivity index (χ4n) is 2.79. The van der Waals surface area contributed by atoms with Crippen molar-refractivity contribution < 1.29 is 13.9 Å². The van der Waals surface area contributed by atoms with E-state index in [-0.39, 0.29) is 18.3 Å². The Morgan fingerprint density at radius 3 is 2.70 bits per heavy atom. The molecule has 0 saturated heterocycles. The van der Waals surface area contributed by atoms with E-state index in [4.69, 9.17) is 4.74 Å². The van der Waals surface area contributed by atoms with Crippen LogP contribution in [0.5, 0.6) is 5.75 Å². The SMILES string of the molecule is Cc1ccc(OCC(=O)NC(c2cccc(F)c2)c2nccn2C)cc1C. The summed E-state index contributed by atoms with van der Waals surface area (Å²) in [6, 6.07) is 11.2. The van der Waals surface area contributed by atoms with Crippen LogP contribution in [-0.2, 0) is 11.8 Å². The minimum absolute atomic E-state index is 0.140. The Kier molecular flexibility index (Phi) is 5.54. The Bertz CT molecular complexity index is 952. The zero-order valence-electron chi connectivity index (χ0n) is 15.6. The molecule has 1 aromatic heterocycles. The third kappa shape index (κ3) is 4.53. The van der Waals surface area contributed by atoms with E-state index in [1.807, 2.05) is 39.1 Å². The number of nitrogens with zero attached hydrogens (tertiary/aromatic N) is 2. The van der Waals surface area contributed by atoms with Gasteiger partial charge < -0.3 is 14.6 Å². The molecule has 1 unspecified atom stereocenters. The lowest BCUT2D eigenvalue weighted by atomic mass is 10.1. The predicted octanol–water partition coefficient (Wildman–Crippen LogP) is 3.46. The third-order valence-corrected chi connectivity index (χ3v) is 4.45. The first-order chi connectivity index (χ1) is 12.9. The zero-order chi connectivity index (χ0) is 19.4.